The summed E-state index contributed by atoms with van der Waals surface area (Å²) in [5.41, 5.74) is 2.98. The lowest BCUT2D eigenvalue weighted by Gasteiger charge is -2.20. The molecule has 0 aromatic heterocycles. The molecule has 0 bridgehead atoms. The summed E-state index contributed by atoms with van der Waals surface area (Å²) < 4.78 is 5.57. The predicted molar refractivity (Wildman–Crippen MR) is 91.9 cm³/mol. The lowest BCUT2D eigenvalue weighted by Crippen LogP contribution is -2.21. The van der Waals surface area contributed by atoms with Crippen molar-refractivity contribution in [3.63, 3.8) is 0 Å². The monoisotopic (exact) mass is 291 g/mol. The maximum absolute atomic E-state index is 5.57. The Hall–Kier alpha value is -0.860. The van der Waals surface area contributed by atoms with Crippen LogP contribution in [0.4, 0.5) is 0 Å². The van der Waals surface area contributed by atoms with E-state index >= 15 is 0 Å². The summed E-state index contributed by atoms with van der Waals surface area (Å²) in [7, 11) is 0. The molecule has 1 aromatic rings. The minimum atomic E-state index is 0.227. The number of nitrogens with one attached hydrogen (secondary N) is 1. The van der Waals surface area contributed by atoms with Gasteiger partial charge in [-0.1, -0.05) is 58.4 Å². The lowest BCUT2D eigenvalue weighted by molar-refractivity contribution is 0.128. The van der Waals surface area contributed by atoms with Crippen molar-refractivity contribution in [3.8, 4) is 0 Å². The van der Waals surface area contributed by atoms with Crippen molar-refractivity contribution >= 4 is 0 Å². The summed E-state index contributed by atoms with van der Waals surface area (Å²) in [6.07, 6.45) is 3.46. The van der Waals surface area contributed by atoms with Crippen LogP contribution in [-0.4, -0.2) is 19.8 Å². The molecular weight excluding hydrogens is 258 g/mol. The van der Waals surface area contributed by atoms with Gasteiger partial charge < -0.3 is 10.1 Å². The van der Waals surface area contributed by atoms with Crippen LogP contribution in [0.2, 0.25) is 0 Å². The quantitative estimate of drug-likeness (QED) is 0.657. The molecule has 2 nitrogen and oxygen atoms in total. The highest BCUT2D eigenvalue weighted by Gasteiger charge is 2.13. The van der Waals surface area contributed by atoms with Crippen molar-refractivity contribution in [2.75, 3.05) is 19.8 Å². The van der Waals surface area contributed by atoms with E-state index in [0.717, 1.165) is 26.2 Å². The summed E-state index contributed by atoms with van der Waals surface area (Å²) in [4.78, 5) is 0. The average molecular weight is 291 g/mol. The third kappa shape index (κ3) is 7.10. The van der Waals surface area contributed by atoms with Gasteiger partial charge in [0.05, 0.1) is 0 Å². The van der Waals surface area contributed by atoms with E-state index in [9.17, 15) is 0 Å². The van der Waals surface area contributed by atoms with E-state index in [0.29, 0.717) is 6.04 Å². The van der Waals surface area contributed by atoms with Crippen LogP contribution in [0, 0.1) is 0 Å². The Balaban J connectivity index is 2.27. The standard InChI is InChI=1S/C19H33NO/c1-6-7-14-21-15-8-13-20-16(2)17-9-11-18(12-10-17)19(3,4)5/h9-12,16,20H,6-8,13-15H2,1-5H3. The molecule has 0 aliphatic rings. The van der Waals surface area contributed by atoms with Crippen LogP contribution in [0.25, 0.3) is 0 Å². The van der Waals surface area contributed by atoms with E-state index in [-0.39, 0.29) is 5.41 Å². The first-order chi connectivity index (χ1) is 9.95. The number of benzene rings is 1. The van der Waals surface area contributed by atoms with Crippen molar-refractivity contribution in [2.45, 2.75) is 65.3 Å². The van der Waals surface area contributed by atoms with Gasteiger partial charge in [0.15, 0.2) is 0 Å². The number of hydrogen-bond donors (Lipinski definition) is 1. The maximum atomic E-state index is 5.57. The van der Waals surface area contributed by atoms with Gasteiger partial charge in [0.25, 0.3) is 0 Å². The van der Waals surface area contributed by atoms with Crippen LogP contribution in [0.3, 0.4) is 0 Å². The first kappa shape index (κ1) is 18.2. The van der Waals surface area contributed by atoms with E-state index in [1.807, 2.05) is 0 Å². The molecule has 2 heteroatoms. The molecule has 0 fully saturated rings. The highest BCUT2D eigenvalue weighted by atomic mass is 16.5. The van der Waals surface area contributed by atoms with E-state index < -0.39 is 0 Å². The zero-order valence-corrected chi connectivity index (χ0v) is 14.5. The van der Waals surface area contributed by atoms with E-state index in [2.05, 4.69) is 64.2 Å². The number of hydrogen-bond acceptors (Lipinski definition) is 2. The second-order valence-corrected chi connectivity index (χ2v) is 6.87. The molecule has 1 N–H and O–H groups in total. The molecule has 0 saturated carbocycles. The van der Waals surface area contributed by atoms with Gasteiger partial charge in [0.1, 0.15) is 0 Å². The molecule has 0 radical (unpaired) electrons. The average Bonchev–Trinajstić information content (AvgIpc) is 2.45. The Kier molecular flexibility index (Phi) is 7.98. The molecule has 0 amide bonds. The molecule has 0 spiro atoms. The molecule has 0 heterocycles. The summed E-state index contributed by atoms with van der Waals surface area (Å²) >= 11 is 0. The minimum Gasteiger partial charge on any atom is -0.381 e. The molecule has 1 rings (SSSR count). The summed E-state index contributed by atoms with van der Waals surface area (Å²) in [6, 6.07) is 9.39. The summed E-state index contributed by atoms with van der Waals surface area (Å²) in [5, 5.41) is 3.57. The van der Waals surface area contributed by atoms with Gasteiger partial charge in [-0.2, -0.15) is 0 Å². The molecule has 1 atom stereocenters. The Morgan fingerprint density at radius 1 is 1.05 bits per heavy atom. The van der Waals surface area contributed by atoms with Crippen molar-refractivity contribution in [1.82, 2.24) is 5.32 Å². The van der Waals surface area contributed by atoms with Crippen molar-refractivity contribution in [3.05, 3.63) is 35.4 Å². The van der Waals surface area contributed by atoms with Gasteiger partial charge >= 0.3 is 0 Å². The number of unbranched alkanes of at least 4 members (excludes halogenated alkanes) is 1. The van der Waals surface area contributed by atoms with Crippen molar-refractivity contribution in [1.29, 1.82) is 0 Å². The van der Waals surface area contributed by atoms with Crippen molar-refractivity contribution < 1.29 is 4.74 Å². The second kappa shape index (κ2) is 9.22. The minimum absolute atomic E-state index is 0.227. The largest absolute Gasteiger partial charge is 0.381 e. The van der Waals surface area contributed by atoms with Crippen LogP contribution in [0.1, 0.15) is 71.0 Å². The highest BCUT2D eigenvalue weighted by molar-refractivity contribution is 5.28. The third-order valence-electron chi connectivity index (χ3n) is 3.83. The molecule has 0 aliphatic carbocycles. The van der Waals surface area contributed by atoms with Gasteiger partial charge in [-0.15, -0.1) is 0 Å². The SMILES string of the molecule is CCCCOCCCNC(C)c1ccc(C(C)(C)C)cc1. The van der Waals surface area contributed by atoms with Gasteiger partial charge in [-0.25, -0.2) is 0 Å². The van der Waals surface area contributed by atoms with Crippen molar-refractivity contribution in [2.24, 2.45) is 0 Å². The maximum Gasteiger partial charge on any atom is 0.0478 e. The lowest BCUT2D eigenvalue weighted by atomic mass is 9.86. The smallest absolute Gasteiger partial charge is 0.0478 e. The van der Waals surface area contributed by atoms with Gasteiger partial charge in [-0.05, 0) is 42.9 Å². The Morgan fingerprint density at radius 2 is 1.67 bits per heavy atom. The molecular formula is C19H33NO. The van der Waals surface area contributed by atoms with Crippen LogP contribution >= 0.6 is 0 Å². The van der Waals surface area contributed by atoms with Crippen LogP contribution in [-0.2, 0) is 10.2 Å². The molecule has 120 valence electrons. The third-order valence-corrected chi connectivity index (χ3v) is 3.83. The topological polar surface area (TPSA) is 21.3 Å². The normalized spacial score (nSPS) is 13.4. The Labute approximate surface area is 131 Å². The van der Waals surface area contributed by atoms with E-state index in [4.69, 9.17) is 4.74 Å². The van der Waals surface area contributed by atoms with Gasteiger partial charge in [0.2, 0.25) is 0 Å². The zero-order chi connectivity index (χ0) is 15.7. The molecule has 0 saturated heterocycles. The number of rotatable bonds is 9. The fourth-order valence-corrected chi connectivity index (χ4v) is 2.23. The first-order valence-corrected chi connectivity index (χ1v) is 8.36. The summed E-state index contributed by atoms with van der Waals surface area (Å²) in [5.74, 6) is 0. The van der Waals surface area contributed by atoms with E-state index in [1.165, 1.54) is 24.0 Å². The first-order valence-electron chi connectivity index (χ1n) is 8.36. The van der Waals surface area contributed by atoms with Gasteiger partial charge in [-0.3, -0.25) is 0 Å². The van der Waals surface area contributed by atoms with E-state index in [1.54, 1.807) is 0 Å². The fraction of sp³-hybridized carbons (Fsp3) is 0.684. The molecule has 21 heavy (non-hydrogen) atoms. The van der Waals surface area contributed by atoms with Crippen LogP contribution in [0.5, 0.6) is 0 Å². The fourth-order valence-electron chi connectivity index (χ4n) is 2.23. The second-order valence-electron chi connectivity index (χ2n) is 6.87. The predicted octanol–water partition coefficient (Wildman–Crippen LogP) is 4.84. The number of ether oxygens (including phenoxy) is 1. The summed E-state index contributed by atoms with van der Waals surface area (Å²) in [6.45, 7) is 13.9. The Morgan fingerprint density at radius 3 is 2.24 bits per heavy atom. The molecule has 0 aliphatic heterocycles. The van der Waals surface area contributed by atoms with Crippen LogP contribution in [0.15, 0.2) is 24.3 Å². The zero-order valence-electron chi connectivity index (χ0n) is 14.5. The van der Waals surface area contributed by atoms with Gasteiger partial charge in [0, 0.05) is 19.3 Å². The van der Waals surface area contributed by atoms with Crippen LogP contribution < -0.4 is 5.32 Å². The highest BCUT2D eigenvalue weighted by Crippen LogP contribution is 2.23. The Bertz CT molecular complexity index is 378. The molecule has 1 aromatic carbocycles. The molecule has 1 unspecified atom stereocenters.